The fourth-order valence-electron chi connectivity index (χ4n) is 3.05. The van der Waals surface area contributed by atoms with Gasteiger partial charge in [0.25, 0.3) is 0 Å². The second-order valence-electron chi connectivity index (χ2n) is 5.73. The molecule has 3 rings (SSSR count). The quantitative estimate of drug-likeness (QED) is 0.912. The van der Waals surface area contributed by atoms with Crippen molar-refractivity contribution < 1.29 is 19.4 Å². The molecule has 0 radical (unpaired) electrons. The Balaban J connectivity index is 1.64. The van der Waals surface area contributed by atoms with Crippen LogP contribution in [0.5, 0.6) is 0 Å². The zero-order valence-electron chi connectivity index (χ0n) is 12.9. The van der Waals surface area contributed by atoms with Crippen molar-refractivity contribution in [1.82, 2.24) is 9.47 Å². The van der Waals surface area contributed by atoms with E-state index in [1.807, 2.05) is 36.5 Å². The number of carbonyl (C=O) groups excluding carboxylic acids is 1. The minimum absolute atomic E-state index is 0.0164. The molecule has 1 atom stereocenters. The van der Waals surface area contributed by atoms with Gasteiger partial charge in [-0.05, 0) is 17.5 Å². The molecule has 122 valence electrons. The molecule has 2 aromatic rings. The van der Waals surface area contributed by atoms with Gasteiger partial charge in [0.15, 0.2) is 0 Å². The first kappa shape index (κ1) is 15.6. The van der Waals surface area contributed by atoms with Crippen molar-refractivity contribution in [2.24, 2.45) is 0 Å². The highest BCUT2D eigenvalue weighted by molar-refractivity contribution is 5.81. The lowest BCUT2D eigenvalue weighted by Crippen LogP contribution is -2.49. The Morgan fingerprint density at radius 2 is 2.09 bits per heavy atom. The van der Waals surface area contributed by atoms with Crippen molar-refractivity contribution in [3.05, 3.63) is 36.5 Å². The summed E-state index contributed by atoms with van der Waals surface area (Å²) in [6.45, 7) is 1.81. The van der Waals surface area contributed by atoms with Crippen molar-refractivity contribution in [2.75, 3.05) is 19.8 Å². The smallest absolute Gasteiger partial charge is 0.305 e. The van der Waals surface area contributed by atoms with E-state index in [-0.39, 0.29) is 18.4 Å². The Hall–Kier alpha value is -2.34. The third-order valence-corrected chi connectivity index (χ3v) is 4.20. The van der Waals surface area contributed by atoms with Gasteiger partial charge in [0, 0.05) is 31.2 Å². The number of fused-ring (bicyclic) bond motifs is 1. The Morgan fingerprint density at radius 1 is 1.26 bits per heavy atom. The normalized spacial score (nSPS) is 18.3. The number of carboxylic acids is 1. The van der Waals surface area contributed by atoms with Crippen molar-refractivity contribution in [1.29, 1.82) is 0 Å². The summed E-state index contributed by atoms with van der Waals surface area (Å²) >= 11 is 0. The lowest BCUT2D eigenvalue weighted by Gasteiger charge is -2.35. The SMILES string of the molecule is O=C(O)CC1COCCN1C(=O)CCn1ccc2ccccc21. The van der Waals surface area contributed by atoms with E-state index >= 15 is 0 Å². The van der Waals surface area contributed by atoms with E-state index in [2.05, 4.69) is 4.57 Å². The molecule has 1 N–H and O–H groups in total. The van der Waals surface area contributed by atoms with Gasteiger partial charge in [-0.1, -0.05) is 18.2 Å². The predicted molar refractivity (Wildman–Crippen MR) is 85.1 cm³/mol. The summed E-state index contributed by atoms with van der Waals surface area (Å²) in [7, 11) is 0. The molecule has 1 unspecified atom stereocenters. The maximum Gasteiger partial charge on any atom is 0.305 e. The molecular formula is C17H20N2O4. The molecule has 1 aliphatic rings. The van der Waals surface area contributed by atoms with E-state index in [9.17, 15) is 9.59 Å². The second kappa shape index (κ2) is 6.83. The number of hydrogen-bond donors (Lipinski definition) is 1. The monoisotopic (exact) mass is 316 g/mol. The van der Waals surface area contributed by atoms with Gasteiger partial charge < -0.3 is 19.3 Å². The van der Waals surface area contributed by atoms with Crippen LogP contribution in [0.15, 0.2) is 36.5 Å². The lowest BCUT2D eigenvalue weighted by molar-refractivity contribution is -0.146. The van der Waals surface area contributed by atoms with Crippen LogP contribution in [0, 0.1) is 0 Å². The van der Waals surface area contributed by atoms with E-state index in [0.717, 1.165) is 10.9 Å². The maximum absolute atomic E-state index is 12.5. The van der Waals surface area contributed by atoms with E-state index < -0.39 is 5.97 Å². The topological polar surface area (TPSA) is 71.8 Å². The number of para-hydroxylation sites is 1. The molecule has 1 aliphatic heterocycles. The molecule has 0 saturated carbocycles. The van der Waals surface area contributed by atoms with Crippen LogP contribution < -0.4 is 0 Å². The molecule has 6 heteroatoms. The molecule has 1 amide bonds. The number of aliphatic carboxylic acids is 1. The summed E-state index contributed by atoms with van der Waals surface area (Å²) in [5, 5.41) is 10.1. The second-order valence-corrected chi connectivity index (χ2v) is 5.73. The standard InChI is InChI=1S/C17H20N2O4/c20-16(19-9-10-23-12-14(19)11-17(21)22)6-8-18-7-5-13-3-1-2-4-15(13)18/h1-5,7,14H,6,8-12H2,(H,21,22). The van der Waals surface area contributed by atoms with Crippen molar-refractivity contribution in [2.45, 2.75) is 25.4 Å². The zero-order valence-corrected chi connectivity index (χ0v) is 12.9. The Kier molecular flexibility index (Phi) is 4.62. The van der Waals surface area contributed by atoms with E-state index in [4.69, 9.17) is 9.84 Å². The Labute approximate surface area is 134 Å². The number of carbonyl (C=O) groups is 2. The highest BCUT2D eigenvalue weighted by atomic mass is 16.5. The summed E-state index contributed by atoms with van der Waals surface area (Å²) in [5.41, 5.74) is 1.10. The largest absolute Gasteiger partial charge is 0.481 e. The van der Waals surface area contributed by atoms with Crippen LogP contribution in [0.1, 0.15) is 12.8 Å². The number of aromatic nitrogens is 1. The van der Waals surface area contributed by atoms with Crippen LogP contribution >= 0.6 is 0 Å². The highest BCUT2D eigenvalue weighted by Gasteiger charge is 2.28. The number of carboxylic acid groups (broad SMARTS) is 1. The Morgan fingerprint density at radius 3 is 2.91 bits per heavy atom. The number of amides is 1. The fraction of sp³-hybridized carbons (Fsp3) is 0.412. The number of hydrogen-bond acceptors (Lipinski definition) is 3. The number of morpholine rings is 1. The van der Waals surface area contributed by atoms with Crippen LogP contribution in [0.3, 0.4) is 0 Å². The molecule has 0 bridgehead atoms. The van der Waals surface area contributed by atoms with Crippen LogP contribution in [0.25, 0.3) is 10.9 Å². The van der Waals surface area contributed by atoms with E-state index in [1.165, 1.54) is 0 Å². The van der Waals surface area contributed by atoms with E-state index in [0.29, 0.717) is 32.7 Å². The van der Waals surface area contributed by atoms with Crippen LogP contribution in [0.2, 0.25) is 0 Å². The van der Waals surface area contributed by atoms with Gasteiger partial charge >= 0.3 is 5.97 Å². The van der Waals surface area contributed by atoms with Crippen molar-refractivity contribution in [3.8, 4) is 0 Å². The van der Waals surface area contributed by atoms with Gasteiger partial charge in [0.2, 0.25) is 5.91 Å². The summed E-state index contributed by atoms with van der Waals surface area (Å²) in [6, 6.07) is 9.70. The first-order chi connectivity index (χ1) is 11.1. The molecule has 1 aromatic heterocycles. The molecule has 1 fully saturated rings. The summed E-state index contributed by atoms with van der Waals surface area (Å²) in [6.07, 6.45) is 2.26. The third-order valence-electron chi connectivity index (χ3n) is 4.20. The molecule has 0 aliphatic carbocycles. The van der Waals surface area contributed by atoms with Crippen molar-refractivity contribution >= 4 is 22.8 Å². The van der Waals surface area contributed by atoms with Gasteiger partial charge in [0.05, 0.1) is 25.7 Å². The minimum atomic E-state index is -0.908. The molecule has 1 aromatic carbocycles. The average molecular weight is 316 g/mol. The van der Waals surface area contributed by atoms with Crippen LogP contribution in [-0.2, 0) is 20.9 Å². The molecule has 2 heterocycles. The van der Waals surface area contributed by atoms with Gasteiger partial charge in [-0.2, -0.15) is 0 Å². The third kappa shape index (κ3) is 3.53. The average Bonchev–Trinajstić information content (AvgIpc) is 2.96. The molecule has 23 heavy (non-hydrogen) atoms. The number of benzene rings is 1. The highest BCUT2D eigenvalue weighted by Crippen LogP contribution is 2.17. The number of nitrogens with zero attached hydrogens (tertiary/aromatic N) is 2. The Bertz CT molecular complexity index is 709. The summed E-state index contributed by atoms with van der Waals surface area (Å²) in [5.74, 6) is -0.924. The zero-order chi connectivity index (χ0) is 16.2. The van der Waals surface area contributed by atoms with Crippen LogP contribution in [0.4, 0.5) is 0 Å². The van der Waals surface area contributed by atoms with Gasteiger partial charge in [0.1, 0.15) is 0 Å². The van der Waals surface area contributed by atoms with Gasteiger partial charge in [-0.15, -0.1) is 0 Å². The summed E-state index contributed by atoms with van der Waals surface area (Å²) in [4.78, 5) is 25.1. The number of ether oxygens (including phenoxy) is 1. The first-order valence-electron chi connectivity index (χ1n) is 7.78. The van der Waals surface area contributed by atoms with Gasteiger partial charge in [-0.3, -0.25) is 9.59 Å². The van der Waals surface area contributed by atoms with Gasteiger partial charge in [-0.25, -0.2) is 0 Å². The molecule has 6 nitrogen and oxygen atoms in total. The molecule has 0 spiro atoms. The van der Waals surface area contributed by atoms with Crippen LogP contribution in [-0.4, -0.2) is 52.3 Å². The minimum Gasteiger partial charge on any atom is -0.481 e. The predicted octanol–water partition coefficient (Wildman–Crippen LogP) is 1.73. The molecular weight excluding hydrogens is 296 g/mol. The van der Waals surface area contributed by atoms with Crippen molar-refractivity contribution in [3.63, 3.8) is 0 Å². The lowest BCUT2D eigenvalue weighted by atomic mass is 10.1. The van der Waals surface area contributed by atoms with E-state index in [1.54, 1.807) is 4.90 Å². The maximum atomic E-state index is 12.5. The fourth-order valence-corrected chi connectivity index (χ4v) is 3.05. The molecule has 1 saturated heterocycles. The summed E-state index contributed by atoms with van der Waals surface area (Å²) < 4.78 is 7.36. The number of rotatable bonds is 5. The number of aryl methyl sites for hydroxylation is 1. The first-order valence-corrected chi connectivity index (χ1v) is 7.78.